The number of benzene rings is 2. The summed E-state index contributed by atoms with van der Waals surface area (Å²) in [5.74, 6) is -1.02. The Morgan fingerprint density at radius 2 is 1.63 bits per heavy atom. The van der Waals surface area contributed by atoms with Crippen LogP contribution < -0.4 is 10.6 Å². The summed E-state index contributed by atoms with van der Waals surface area (Å²) in [6.45, 7) is -0.324. The Morgan fingerprint density at radius 3 is 2.33 bits per heavy atom. The first-order chi connectivity index (χ1) is 12.8. The maximum atomic E-state index is 12.6. The lowest BCUT2D eigenvalue weighted by atomic mass is 10.1. The van der Waals surface area contributed by atoms with E-state index in [0.717, 1.165) is 17.7 Å². The van der Waals surface area contributed by atoms with Crippen molar-refractivity contribution in [2.24, 2.45) is 0 Å². The van der Waals surface area contributed by atoms with Gasteiger partial charge in [-0.3, -0.25) is 9.59 Å². The van der Waals surface area contributed by atoms with Gasteiger partial charge < -0.3 is 15.4 Å². The van der Waals surface area contributed by atoms with Crippen molar-refractivity contribution in [1.82, 2.24) is 5.32 Å². The predicted molar refractivity (Wildman–Crippen MR) is 94.0 cm³/mol. The molecule has 0 aliphatic heterocycles. The highest BCUT2D eigenvalue weighted by molar-refractivity contribution is 5.92. The molecule has 2 N–H and O–H groups in total. The highest BCUT2D eigenvalue weighted by Crippen LogP contribution is 2.30. The third-order valence-electron chi connectivity index (χ3n) is 3.52. The molecule has 0 aliphatic carbocycles. The standard InChI is InChI=1S/C19H19F3N2O3/c20-19(21,22)15-7-4-8-16(11-15)24-18(26)13-27-12-17(25)23-10-9-14-5-2-1-3-6-14/h1-8,11H,9-10,12-13H2,(H,23,25)(H,24,26). The molecule has 0 unspecified atom stereocenters. The predicted octanol–water partition coefficient (Wildman–Crippen LogP) is 3.02. The fourth-order valence-electron chi connectivity index (χ4n) is 2.25. The Hall–Kier alpha value is -2.87. The van der Waals surface area contributed by atoms with Crippen molar-refractivity contribution in [1.29, 1.82) is 0 Å². The van der Waals surface area contributed by atoms with Crippen molar-refractivity contribution in [3.63, 3.8) is 0 Å². The van der Waals surface area contributed by atoms with Crippen LogP contribution in [0.25, 0.3) is 0 Å². The van der Waals surface area contributed by atoms with Crippen LogP contribution in [0.3, 0.4) is 0 Å². The average molecular weight is 380 g/mol. The Kier molecular flexibility index (Phi) is 7.36. The van der Waals surface area contributed by atoms with Gasteiger partial charge in [0.25, 0.3) is 0 Å². The minimum atomic E-state index is -4.49. The summed E-state index contributed by atoms with van der Waals surface area (Å²) in [7, 11) is 0. The third-order valence-corrected chi connectivity index (χ3v) is 3.52. The van der Waals surface area contributed by atoms with Gasteiger partial charge in [0.1, 0.15) is 13.2 Å². The summed E-state index contributed by atoms with van der Waals surface area (Å²) in [6.07, 6.45) is -3.82. The number of anilines is 1. The molecule has 0 saturated carbocycles. The van der Waals surface area contributed by atoms with Crippen LogP contribution in [0.1, 0.15) is 11.1 Å². The van der Waals surface area contributed by atoms with Gasteiger partial charge in [0.2, 0.25) is 11.8 Å². The van der Waals surface area contributed by atoms with Crippen molar-refractivity contribution in [2.75, 3.05) is 25.1 Å². The van der Waals surface area contributed by atoms with E-state index in [1.807, 2.05) is 30.3 Å². The van der Waals surface area contributed by atoms with Crippen molar-refractivity contribution in [2.45, 2.75) is 12.6 Å². The van der Waals surface area contributed by atoms with Crippen LogP contribution >= 0.6 is 0 Å². The van der Waals surface area contributed by atoms with Crippen LogP contribution in [0.15, 0.2) is 54.6 Å². The van der Waals surface area contributed by atoms with E-state index in [4.69, 9.17) is 4.74 Å². The number of carbonyl (C=O) groups is 2. The van der Waals surface area contributed by atoms with Crippen molar-refractivity contribution in [3.05, 3.63) is 65.7 Å². The molecule has 5 nitrogen and oxygen atoms in total. The van der Waals surface area contributed by atoms with Crippen LogP contribution in [-0.4, -0.2) is 31.6 Å². The number of halogens is 3. The molecule has 0 atom stereocenters. The molecular weight excluding hydrogens is 361 g/mol. The normalized spacial score (nSPS) is 11.1. The van der Waals surface area contributed by atoms with Gasteiger partial charge in [-0.15, -0.1) is 0 Å². The van der Waals surface area contributed by atoms with Gasteiger partial charge >= 0.3 is 6.18 Å². The summed E-state index contributed by atoms with van der Waals surface area (Å²) in [6, 6.07) is 13.9. The fraction of sp³-hybridized carbons (Fsp3) is 0.263. The Balaban J connectivity index is 1.66. The van der Waals surface area contributed by atoms with Gasteiger partial charge in [0, 0.05) is 12.2 Å². The van der Waals surface area contributed by atoms with Gasteiger partial charge in [-0.1, -0.05) is 36.4 Å². The zero-order valence-electron chi connectivity index (χ0n) is 14.4. The lowest BCUT2D eigenvalue weighted by Gasteiger charge is -2.10. The molecule has 2 rings (SSSR count). The Bertz CT molecular complexity index is 764. The van der Waals surface area contributed by atoms with Crippen LogP contribution in [0, 0.1) is 0 Å². The molecule has 0 spiro atoms. The summed E-state index contributed by atoms with van der Waals surface area (Å²) in [4.78, 5) is 23.3. The van der Waals surface area contributed by atoms with E-state index >= 15 is 0 Å². The zero-order chi connectivity index (χ0) is 19.7. The summed E-state index contributed by atoms with van der Waals surface area (Å²) >= 11 is 0. The maximum Gasteiger partial charge on any atom is 0.416 e. The molecule has 0 aliphatic rings. The zero-order valence-corrected chi connectivity index (χ0v) is 14.4. The number of hydrogen-bond acceptors (Lipinski definition) is 3. The molecule has 2 aromatic rings. The molecule has 0 fully saturated rings. The van der Waals surface area contributed by atoms with Gasteiger partial charge in [-0.05, 0) is 30.2 Å². The second-order valence-corrected chi connectivity index (χ2v) is 5.71. The van der Waals surface area contributed by atoms with Crippen LogP contribution in [0.2, 0.25) is 0 Å². The molecule has 0 aromatic heterocycles. The Labute approximate surface area is 154 Å². The number of alkyl halides is 3. The molecular formula is C19H19F3N2O3. The minimum absolute atomic E-state index is 0.00531. The first kappa shape index (κ1) is 20.4. The van der Waals surface area contributed by atoms with Gasteiger partial charge in [0.15, 0.2) is 0 Å². The van der Waals surface area contributed by atoms with E-state index < -0.39 is 24.3 Å². The largest absolute Gasteiger partial charge is 0.416 e. The van der Waals surface area contributed by atoms with Gasteiger partial charge in [-0.2, -0.15) is 13.2 Å². The van der Waals surface area contributed by atoms with Crippen molar-refractivity contribution in [3.8, 4) is 0 Å². The van der Waals surface area contributed by atoms with Crippen LogP contribution in [0.5, 0.6) is 0 Å². The molecule has 0 bridgehead atoms. The van der Waals surface area contributed by atoms with E-state index in [0.29, 0.717) is 13.0 Å². The molecule has 8 heteroatoms. The molecule has 27 heavy (non-hydrogen) atoms. The molecule has 2 aromatic carbocycles. The number of ether oxygens (including phenoxy) is 1. The smallest absolute Gasteiger partial charge is 0.362 e. The second-order valence-electron chi connectivity index (χ2n) is 5.71. The summed E-state index contributed by atoms with van der Waals surface area (Å²) in [5.41, 5.74) is 0.226. The topological polar surface area (TPSA) is 67.4 Å². The number of amides is 2. The van der Waals surface area contributed by atoms with Crippen LogP contribution in [0.4, 0.5) is 18.9 Å². The van der Waals surface area contributed by atoms with Crippen LogP contribution in [-0.2, 0) is 26.9 Å². The van der Waals surface area contributed by atoms with E-state index in [-0.39, 0.29) is 18.2 Å². The highest BCUT2D eigenvalue weighted by atomic mass is 19.4. The molecule has 0 heterocycles. The first-order valence-corrected chi connectivity index (χ1v) is 8.20. The van der Waals surface area contributed by atoms with Crippen molar-refractivity contribution >= 4 is 17.5 Å². The van der Waals surface area contributed by atoms with E-state index in [1.54, 1.807) is 0 Å². The summed E-state index contributed by atoms with van der Waals surface area (Å²) in [5, 5.41) is 4.96. The monoisotopic (exact) mass is 380 g/mol. The first-order valence-electron chi connectivity index (χ1n) is 8.20. The van der Waals surface area contributed by atoms with Gasteiger partial charge in [0.05, 0.1) is 5.56 Å². The Morgan fingerprint density at radius 1 is 0.926 bits per heavy atom. The van der Waals surface area contributed by atoms with Gasteiger partial charge in [-0.25, -0.2) is 0 Å². The molecule has 0 radical (unpaired) electrons. The van der Waals surface area contributed by atoms with Crippen molar-refractivity contribution < 1.29 is 27.5 Å². The molecule has 2 amide bonds. The molecule has 0 saturated heterocycles. The SMILES string of the molecule is O=C(COCC(=O)Nc1cccc(C(F)(F)F)c1)NCCc1ccccc1. The quantitative estimate of drug-likeness (QED) is 0.740. The third kappa shape index (κ3) is 7.49. The lowest BCUT2D eigenvalue weighted by molar-refractivity contribution is -0.137. The molecule has 144 valence electrons. The lowest BCUT2D eigenvalue weighted by Crippen LogP contribution is -2.31. The minimum Gasteiger partial charge on any atom is -0.362 e. The van der Waals surface area contributed by atoms with E-state index in [1.165, 1.54) is 12.1 Å². The number of carbonyl (C=O) groups excluding carboxylic acids is 2. The number of nitrogens with one attached hydrogen (secondary N) is 2. The number of hydrogen-bond donors (Lipinski definition) is 2. The maximum absolute atomic E-state index is 12.6. The second kappa shape index (κ2) is 9.72. The number of rotatable bonds is 8. The highest BCUT2D eigenvalue weighted by Gasteiger charge is 2.30. The summed E-state index contributed by atoms with van der Waals surface area (Å²) < 4.78 is 42.9. The fourth-order valence-corrected chi connectivity index (χ4v) is 2.25. The van der Waals surface area contributed by atoms with E-state index in [2.05, 4.69) is 10.6 Å². The van der Waals surface area contributed by atoms with E-state index in [9.17, 15) is 22.8 Å². The average Bonchev–Trinajstić information content (AvgIpc) is 2.62.